The summed E-state index contributed by atoms with van der Waals surface area (Å²) in [5.74, 6) is 0.429. The van der Waals surface area contributed by atoms with Crippen molar-refractivity contribution in [2.75, 3.05) is 29.6 Å². The molecule has 1 saturated carbocycles. The number of thiophene rings is 1. The molecular weight excluding hydrogens is 511 g/mol. The van der Waals surface area contributed by atoms with E-state index in [-0.39, 0.29) is 21.4 Å². The molecule has 3 saturated heterocycles. The molecule has 2 atom stereocenters. The molecule has 7 nitrogen and oxygen atoms in total. The normalized spacial score (nSPS) is 21.8. The van der Waals surface area contributed by atoms with Gasteiger partial charge >= 0.3 is 6.18 Å². The van der Waals surface area contributed by atoms with E-state index in [0.29, 0.717) is 18.0 Å². The number of anilines is 3. The zero-order valence-corrected chi connectivity index (χ0v) is 21.0. The van der Waals surface area contributed by atoms with E-state index in [1.54, 1.807) is 0 Å². The number of nitrogens with zero attached hydrogens (tertiary/aromatic N) is 3. The maximum absolute atomic E-state index is 13.7. The summed E-state index contributed by atoms with van der Waals surface area (Å²) >= 11 is 0.906. The van der Waals surface area contributed by atoms with Crippen molar-refractivity contribution in [2.24, 2.45) is 0 Å². The molecule has 2 aromatic heterocycles. The monoisotopic (exact) mass is 535 g/mol. The van der Waals surface area contributed by atoms with Gasteiger partial charge in [0.05, 0.1) is 15.5 Å². The maximum Gasteiger partial charge on any atom is 0.420 e. The molecule has 0 spiro atoms. The van der Waals surface area contributed by atoms with Crippen LogP contribution in [0.1, 0.15) is 36.3 Å². The van der Waals surface area contributed by atoms with Crippen molar-refractivity contribution in [3.63, 3.8) is 0 Å². The number of nitrogens with one attached hydrogen (secondary N) is 2. The number of rotatable bonds is 6. The van der Waals surface area contributed by atoms with Crippen molar-refractivity contribution in [1.82, 2.24) is 15.3 Å². The van der Waals surface area contributed by atoms with Gasteiger partial charge in [-0.05, 0) is 55.0 Å². The quantitative estimate of drug-likeness (QED) is 0.469. The van der Waals surface area contributed by atoms with Crippen LogP contribution in [-0.2, 0) is 16.0 Å². The van der Waals surface area contributed by atoms with Gasteiger partial charge in [-0.1, -0.05) is 0 Å². The Morgan fingerprint density at radius 2 is 1.89 bits per heavy atom. The first-order valence-electron chi connectivity index (χ1n) is 11.7. The summed E-state index contributed by atoms with van der Waals surface area (Å²) in [6, 6.07) is 8.44. The van der Waals surface area contributed by atoms with Gasteiger partial charge in [0.2, 0.25) is 5.95 Å². The SMILES string of the molecule is CS(=O)(=O)c1csc(-c2nc(Nc3ccc(N4CC5CC(C4)N5)cc3C3CC3)ncc2C(F)(F)F)c1. The molecule has 190 valence electrons. The van der Waals surface area contributed by atoms with Crippen LogP contribution in [0.5, 0.6) is 0 Å². The van der Waals surface area contributed by atoms with Crippen LogP contribution in [0.2, 0.25) is 0 Å². The largest absolute Gasteiger partial charge is 0.420 e. The average Bonchev–Trinajstić information content (AvgIpc) is 3.52. The zero-order chi connectivity index (χ0) is 25.2. The number of hydrogen-bond acceptors (Lipinski definition) is 8. The van der Waals surface area contributed by atoms with Crippen molar-refractivity contribution in [3.8, 4) is 10.6 Å². The predicted octanol–water partition coefficient (Wildman–Crippen LogP) is 4.80. The average molecular weight is 536 g/mol. The third-order valence-corrected chi connectivity index (χ3v) is 9.10. The maximum atomic E-state index is 13.7. The summed E-state index contributed by atoms with van der Waals surface area (Å²) in [5.41, 5.74) is 1.68. The van der Waals surface area contributed by atoms with Crippen LogP contribution in [0.3, 0.4) is 0 Å². The lowest BCUT2D eigenvalue weighted by Gasteiger charge is -2.49. The Morgan fingerprint density at radius 3 is 2.50 bits per heavy atom. The molecule has 2 bridgehead atoms. The summed E-state index contributed by atoms with van der Waals surface area (Å²) in [6.45, 7) is 1.93. The first-order valence-corrected chi connectivity index (χ1v) is 14.5. The highest BCUT2D eigenvalue weighted by atomic mass is 32.2. The first kappa shape index (κ1) is 23.7. The van der Waals surface area contributed by atoms with E-state index in [0.717, 1.165) is 66.7 Å². The Kier molecular flexibility index (Phi) is 5.54. The van der Waals surface area contributed by atoms with Gasteiger partial charge in [0.1, 0.15) is 5.56 Å². The molecule has 1 aromatic carbocycles. The molecule has 0 radical (unpaired) electrons. The Labute approximate surface area is 210 Å². The fraction of sp³-hybridized carbons (Fsp3) is 0.417. The lowest BCUT2D eigenvalue weighted by molar-refractivity contribution is -0.137. The van der Waals surface area contributed by atoms with Gasteiger partial charge in [-0.3, -0.25) is 0 Å². The molecule has 3 aliphatic heterocycles. The molecule has 4 fully saturated rings. The van der Waals surface area contributed by atoms with Crippen LogP contribution in [0.15, 0.2) is 40.7 Å². The highest BCUT2D eigenvalue weighted by molar-refractivity contribution is 7.90. The molecular formula is C24H24F3N5O2S2. The second-order valence-corrected chi connectivity index (χ2v) is 12.7. The zero-order valence-electron chi connectivity index (χ0n) is 19.3. The fourth-order valence-electron chi connectivity index (χ4n) is 4.91. The molecule has 5 heterocycles. The minimum Gasteiger partial charge on any atom is -0.368 e. The number of piperazine rings is 1. The predicted molar refractivity (Wildman–Crippen MR) is 133 cm³/mol. The summed E-state index contributed by atoms with van der Waals surface area (Å²) in [6.07, 6.45) is 0.426. The molecule has 2 unspecified atom stereocenters. The van der Waals surface area contributed by atoms with Gasteiger partial charge in [0.25, 0.3) is 0 Å². The second kappa shape index (κ2) is 8.42. The summed E-state index contributed by atoms with van der Waals surface area (Å²) in [4.78, 5) is 10.6. The number of aromatic nitrogens is 2. The van der Waals surface area contributed by atoms with Crippen LogP contribution in [0.4, 0.5) is 30.5 Å². The van der Waals surface area contributed by atoms with Crippen molar-refractivity contribution >= 4 is 38.5 Å². The number of piperidine rings is 1. The summed E-state index contributed by atoms with van der Waals surface area (Å²) in [5, 5.41) is 7.99. The highest BCUT2D eigenvalue weighted by Crippen LogP contribution is 2.46. The smallest absolute Gasteiger partial charge is 0.368 e. The van der Waals surface area contributed by atoms with Gasteiger partial charge in [-0.15, -0.1) is 11.3 Å². The van der Waals surface area contributed by atoms with E-state index in [2.05, 4.69) is 31.6 Å². The fourth-order valence-corrected chi connectivity index (χ4v) is 6.94. The van der Waals surface area contributed by atoms with Gasteiger partial charge in [0, 0.05) is 54.4 Å². The minimum atomic E-state index is -4.69. The molecule has 12 heteroatoms. The Hall–Kier alpha value is -2.70. The molecule has 1 aliphatic carbocycles. The number of alkyl halides is 3. The first-order chi connectivity index (χ1) is 17.0. The third-order valence-electron chi connectivity index (χ3n) is 6.92. The van der Waals surface area contributed by atoms with E-state index < -0.39 is 21.6 Å². The van der Waals surface area contributed by atoms with E-state index in [4.69, 9.17) is 0 Å². The Balaban J connectivity index is 1.33. The molecule has 3 aromatic rings. The highest BCUT2D eigenvalue weighted by Gasteiger charge is 2.38. The van der Waals surface area contributed by atoms with Crippen molar-refractivity contribution < 1.29 is 21.6 Å². The van der Waals surface area contributed by atoms with Crippen LogP contribution in [0, 0.1) is 0 Å². The molecule has 36 heavy (non-hydrogen) atoms. The van der Waals surface area contributed by atoms with Crippen LogP contribution in [0.25, 0.3) is 10.6 Å². The second-order valence-electron chi connectivity index (χ2n) is 9.74. The van der Waals surface area contributed by atoms with Crippen molar-refractivity contribution in [1.29, 1.82) is 0 Å². The van der Waals surface area contributed by atoms with Crippen LogP contribution in [-0.4, -0.2) is 49.8 Å². The number of sulfone groups is 1. The van der Waals surface area contributed by atoms with Gasteiger partial charge in [-0.25, -0.2) is 18.4 Å². The number of fused-ring (bicyclic) bond motifs is 2. The third kappa shape index (κ3) is 4.57. The van der Waals surface area contributed by atoms with Crippen molar-refractivity contribution in [2.45, 2.75) is 48.3 Å². The summed E-state index contributed by atoms with van der Waals surface area (Å²) in [7, 11) is -3.56. The van der Waals surface area contributed by atoms with Crippen LogP contribution < -0.4 is 15.5 Å². The Bertz CT molecular complexity index is 1420. The van der Waals surface area contributed by atoms with E-state index in [9.17, 15) is 21.6 Å². The standard InChI is InChI=1S/C24H24F3N5O2S2/c1-36(33,34)17-8-21(35-12-17)22-19(24(25,26)27)9-28-23(31-22)30-20-5-4-16(7-18(20)13-2-3-13)32-10-14-6-15(11-32)29-14/h4-5,7-9,12-15,29H,2-3,6,10-11H2,1H3,(H,28,30,31). The van der Waals surface area contributed by atoms with E-state index in [1.165, 1.54) is 17.9 Å². The molecule has 0 amide bonds. The van der Waals surface area contributed by atoms with E-state index in [1.807, 2.05) is 12.1 Å². The number of hydrogen-bond donors (Lipinski definition) is 2. The van der Waals surface area contributed by atoms with E-state index >= 15 is 0 Å². The number of halogens is 3. The van der Waals surface area contributed by atoms with Gasteiger partial charge < -0.3 is 15.5 Å². The van der Waals surface area contributed by atoms with Gasteiger partial charge in [-0.2, -0.15) is 13.2 Å². The lowest BCUT2D eigenvalue weighted by atomic mass is 9.90. The lowest BCUT2D eigenvalue weighted by Crippen LogP contribution is -2.67. The summed E-state index contributed by atoms with van der Waals surface area (Å²) < 4.78 is 65.0. The van der Waals surface area contributed by atoms with Crippen molar-refractivity contribution in [3.05, 3.63) is 47.0 Å². The molecule has 7 rings (SSSR count). The Morgan fingerprint density at radius 1 is 1.17 bits per heavy atom. The minimum absolute atomic E-state index is 0.0328. The van der Waals surface area contributed by atoms with Crippen LogP contribution >= 0.6 is 11.3 Å². The topological polar surface area (TPSA) is 87.2 Å². The number of benzene rings is 1. The molecule has 2 N–H and O–H groups in total. The molecule has 4 aliphatic rings. The van der Waals surface area contributed by atoms with Gasteiger partial charge in [0.15, 0.2) is 9.84 Å².